The van der Waals surface area contributed by atoms with Crippen LogP contribution in [0.4, 0.5) is 0 Å². The predicted molar refractivity (Wildman–Crippen MR) is 60.6 cm³/mol. The van der Waals surface area contributed by atoms with E-state index in [4.69, 9.17) is 10.8 Å². The molecular formula is C12H23NO2. The molecule has 1 saturated carbocycles. The average Bonchev–Trinajstić information content (AvgIpc) is 1.99. The molecule has 0 unspecified atom stereocenters. The van der Waals surface area contributed by atoms with Crippen LogP contribution in [0, 0.1) is 11.8 Å². The minimum absolute atomic E-state index is 0.414. The van der Waals surface area contributed by atoms with E-state index in [-0.39, 0.29) is 0 Å². The van der Waals surface area contributed by atoms with Crippen LogP contribution in [0.25, 0.3) is 0 Å². The Kier molecular flexibility index (Phi) is 4.14. The second-order valence-corrected chi connectivity index (χ2v) is 5.41. The van der Waals surface area contributed by atoms with Crippen LogP contribution in [0.1, 0.15) is 52.4 Å². The Morgan fingerprint density at radius 3 is 2.60 bits per heavy atom. The zero-order valence-corrected chi connectivity index (χ0v) is 9.83. The van der Waals surface area contributed by atoms with Gasteiger partial charge in [0.15, 0.2) is 0 Å². The number of hydrogen-bond acceptors (Lipinski definition) is 2. The number of hydrogen-bond donors (Lipinski definition) is 2. The highest BCUT2D eigenvalue weighted by Gasteiger charge is 2.30. The van der Waals surface area contributed by atoms with Crippen molar-refractivity contribution in [3.05, 3.63) is 0 Å². The van der Waals surface area contributed by atoms with E-state index in [0.717, 1.165) is 12.3 Å². The highest BCUT2D eigenvalue weighted by Crippen LogP contribution is 2.32. The summed E-state index contributed by atoms with van der Waals surface area (Å²) >= 11 is 0. The molecule has 0 spiro atoms. The fraction of sp³-hybridized carbons (Fsp3) is 0.917. The van der Waals surface area contributed by atoms with Gasteiger partial charge in [0.2, 0.25) is 0 Å². The Morgan fingerprint density at radius 1 is 1.60 bits per heavy atom. The SMILES string of the molecule is C[C@H](CCC1CCC1)C[C@@](C)(N)C(=O)O. The van der Waals surface area contributed by atoms with Crippen molar-refractivity contribution in [3.8, 4) is 0 Å². The molecule has 0 saturated heterocycles. The van der Waals surface area contributed by atoms with Gasteiger partial charge < -0.3 is 10.8 Å². The van der Waals surface area contributed by atoms with Gasteiger partial charge in [0.25, 0.3) is 0 Å². The van der Waals surface area contributed by atoms with Gasteiger partial charge in [-0.05, 0) is 25.2 Å². The van der Waals surface area contributed by atoms with E-state index in [1.54, 1.807) is 6.92 Å². The summed E-state index contributed by atoms with van der Waals surface area (Å²) in [5, 5.41) is 8.90. The van der Waals surface area contributed by atoms with Crippen molar-refractivity contribution in [1.82, 2.24) is 0 Å². The molecule has 0 bridgehead atoms. The second-order valence-electron chi connectivity index (χ2n) is 5.41. The summed E-state index contributed by atoms with van der Waals surface area (Å²) < 4.78 is 0. The van der Waals surface area contributed by atoms with Gasteiger partial charge in [-0.1, -0.05) is 39.0 Å². The molecule has 3 heteroatoms. The summed E-state index contributed by atoms with van der Waals surface area (Å²) in [4.78, 5) is 10.8. The van der Waals surface area contributed by atoms with E-state index >= 15 is 0 Å². The number of nitrogens with two attached hydrogens (primary N) is 1. The van der Waals surface area contributed by atoms with E-state index in [1.807, 2.05) is 0 Å². The molecule has 1 aliphatic carbocycles. The van der Waals surface area contributed by atoms with Crippen molar-refractivity contribution in [1.29, 1.82) is 0 Å². The molecule has 0 aliphatic heterocycles. The number of carbonyl (C=O) groups is 1. The minimum atomic E-state index is -1.06. The van der Waals surface area contributed by atoms with Gasteiger partial charge in [-0.2, -0.15) is 0 Å². The second kappa shape index (κ2) is 4.97. The Morgan fingerprint density at radius 2 is 2.20 bits per heavy atom. The highest BCUT2D eigenvalue weighted by atomic mass is 16.4. The Labute approximate surface area is 92.0 Å². The molecule has 0 aromatic carbocycles. The lowest BCUT2D eigenvalue weighted by atomic mass is 9.79. The van der Waals surface area contributed by atoms with E-state index < -0.39 is 11.5 Å². The van der Waals surface area contributed by atoms with E-state index in [1.165, 1.54) is 25.7 Å². The van der Waals surface area contributed by atoms with Crippen molar-refractivity contribution in [2.75, 3.05) is 0 Å². The lowest BCUT2D eigenvalue weighted by Gasteiger charge is -2.28. The topological polar surface area (TPSA) is 63.3 Å². The third-order valence-electron chi connectivity index (χ3n) is 3.55. The van der Waals surface area contributed by atoms with Gasteiger partial charge in [0, 0.05) is 0 Å². The fourth-order valence-corrected chi connectivity index (χ4v) is 2.21. The maximum atomic E-state index is 10.8. The van der Waals surface area contributed by atoms with Crippen LogP contribution in [0.15, 0.2) is 0 Å². The molecule has 2 atom stereocenters. The maximum absolute atomic E-state index is 10.8. The zero-order chi connectivity index (χ0) is 11.5. The van der Waals surface area contributed by atoms with Gasteiger partial charge >= 0.3 is 5.97 Å². The van der Waals surface area contributed by atoms with Crippen LogP contribution >= 0.6 is 0 Å². The normalized spacial score (nSPS) is 22.9. The molecule has 1 fully saturated rings. The average molecular weight is 213 g/mol. The fourth-order valence-electron chi connectivity index (χ4n) is 2.21. The summed E-state index contributed by atoms with van der Waals surface area (Å²) in [6, 6.07) is 0. The van der Waals surface area contributed by atoms with Gasteiger partial charge in [-0.15, -0.1) is 0 Å². The summed E-state index contributed by atoms with van der Waals surface area (Å²) in [6.07, 6.45) is 7.05. The number of carboxylic acid groups (broad SMARTS) is 1. The van der Waals surface area contributed by atoms with Gasteiger partial charge in [0.1, 0.15) is 5.54 Å². The van der Waals surface area contributed by atoms with Crippen LogP contribution in [0.5, 0.6) is 0 Å². The number of rotatable bonds is 6. The molecule has 3 N–H and O–H groups in total. The van der Waals surface area contributed by atoms with Gasteiger partial charge in [-0.3, -0.25) is 4.79 Å². The monoisotopic (exact) mass is 213 g/mol. The molecular weight excluding hydrogens is 190 g/mol. The molecule has 3 nitrogen and oxygen atoms in total. The summed E-state index contributed by atoms with van der Waals surface area (Å²) in [6.45, 7) is 3.71. The quantitative estimate of drug-likeness (QED) is 0.712. The van der Waals surface area contributed by atoms with Gasteiger partial charge in [-0.25, -0.2) is 0 Å². The molecule has 1 rings (SSSR count). The van der Waals surface area contributed by atoms with Crippen LogP contribution < -0.4 is 5.73 Å². The molecule has 0 aromatic rings. The molecule has 0 amide bonds. The Hall–Kier alpha value is -0.570. The smallest absolute Gasteiger partial charge is 0.323 e. The maximum Gasteiger partial charge on any atom is 0.323 e. The summed E-state index contributed by atoms with van der Waals surface area (Å²) in [5.41, 5.74) is 4.66. The standard InChI is InChI=1S/C12H23NO2/c1-9(6-7-10-4-3-5-10)8-12(2,13)11(14)15/h9-10H,3-8,13H2,1-2H3,(H,14,15)/t9-,12-/m1/s1. The third-order valence-corrected chi connectivity index (χ3v) is 3.55. The Bertz CT molecular complexity index is 222. The Balaban J connectivity index is 2.21. The lowest BCUT2D eigenvalue weighted by Crippen LogP contribution is -2.46. The molecule has 88 valence electrons. The van der Waals surface area contributed by atoms with Crippen LogP contribution in [-0.2, 0) is 4.79 Å². The number of carboxylic acids is 1. The van der Waals surface area contributed by atoms with Crippen molar-refractivity contribution in [3.63, 3.8) is 0 Å². The van der Waals surface area contributed by atoms with Crippen molar-refractivity contribution < 1.29 is 9.90 Å². The minimum Gasteiger partial charge on any atom is -0.480 e. The molecule has 1 aliphatic rings. The van der Waals surface area contributed by atoms with Crippen LogP contribution in [0.2, 0.25) is 0 Å². The lowest BCUT2D eigenvalue weighted by molar-refractivity contribution is -0.143. The highest BCUT2D eigenvalue weighted by molar-refractivity contribution is 5.77. The summed E-state index contributed by atoms with van der Waals surface area (Å²) in [5.74, 6) is 0.427. The third kappa shape index (κ3) is 3.82. The molecule has 0 radical (unpaired) electrons. The van der Waals surface area contributed by atoms with E-state index in [2.05, 4.69) is 6.92 Å². The first-order valence-electron chi connectivity index (χ1n) is 5.94. The molecule has 0 aromatic heterocycles. The van der Waals surface area contributed by atoms with Gasteiger partial charge in [0.05, 0.1) is 0 Å². The summed E-state index contributed by atoms with van der Waals surface area (Å²) in [7, 11) is 0. The first-order chi connectivity index (χ1) is 6.92. The predicted octanol–water partition coefficient (Wildman–Crippen LogP) is 2.39. The first-order valence-corrected chi connectivity index (χ1v) is 5.94. The van der Waals surface area contributed by atoms with Crippen molar-refractivity contribution >= 4 is 5.97 Å². The number of aliphatic carboxylic acids is 1. The van der Waals surface area contributed by atoms with E-state index in [0.29, 0.717) is 12.3 Å². The van der Waals surface area contributed by atoms with E-state index in [9.17, 15) is 4.79 Å². The molecule has 15 heavy (non-hydrogen) atoms. The molecule has 0 heterocycles. The van der Waals surface area contributed by atoms with Crippen LogP contribution in [-0.4, -0.2) is 16.6 Å². The largest absolute Gasteiger partial charge is 0.480 e. The van der Waals surface area contributed by atoms with Crippen molar-refractivity contribution in [2.24, 2.45) is 17.6 Å². The zero-order valence-electron chi connectivity index (χ0n) is 9.83. The van der Waals surface area contributed by atoms with Crippen LogP contribution in [0.3, 0.4) is 0 Å². The van der Waals surface area contributed by atoms with Crippen molar-refractivity contribution in [2.45, 2.75) is 57.9 Å². The first kappa shape index (κ1) is 12.5.